The van der Waals surface area contributed by atoms with Crippen molar-refractivity contribution in [1.29, 1.82) is 0 Å². The average Bonchev–Trinajstić information content (AvgIpc) is 2.55. The fraction of sp³-hybridized carbons (Fsp3) is 0.545. The molecule has 106 valence electrons. The number of aryl methyl sites for hydroxylation is 1. The quantitative estimate of drug-likeness (QED) is 0.649. The van der Waals surface area contributed by atoms with Crippen molar-refractivity contribution < 1.29 is 4.79 Å². The van der Waals surface area contributed by atoms with E-state index in [0.717, 1.165) is 5.69 Å². The number of hydrogen-bond acceptors (Lipinski definition) is 3. The molecular formula is C11H18ClN5OS. The number of hydrazine groups is 1. The van der Waals surface area contributed by atoms with E-state index >= 15 is 0 Å². The highest BCUT2D eigenvalue weighted by Gasteiger charge is 2.21. The van der Waals surface area contributed by atoms with Crippen LogP contribution < -0.4 is 11.2 Å². The normalized spacial score (nSPS) is 10.6. The van der Waals surface area contributed by atoms with Crippen LogP contribution in [0.5, 0.6) is 0 Å². The summed E-state index contributed by atoms with van der Waals surface area (Å²) in [7, 11) is 1.72. The fourth-order valence-corrected chi connectivity index (χ4v) is 1.82. The number of nitrogens with one attached hydrogen (secondary N) is 1. The third-order valence-electron chi connectivity index (χ3n) is 2.53. The SMILES string of the molecule is Cc1c(Cl)c(C(=O)NN(CC(C)C)C(N)=S)nn1C. The van der Waals surface area contributed by atoms with Gasteiger partial charge in [0.05, 0.1) is 10.7 Å². The molecule has 0 aliphatic rings. The molecule has 1 aromatic rings. The van der Waals surface area contributed by atoms with Gasteiger partial charge in [0.25, 0.3) is 5.91 Å². The maximum Gasteiger partial charge on any atom is 0.291 e. The Hall–Kier alpha value is -1.34. The first kappa shape index (κ1) is 15.7. The number of nitrogens with two attached hydrogens (primary N) is 1. The molecule has 0 radical (unpaired) electrons. The highest BCUT2D eigenvalue weighted by Crippen LogP contribution is 2.19. The second-order valence-corrected chi connectivity index (χ2v) is 5.45. The summed E-state index contributed by atoms with van der Waals surface area (Å²) in [5.41, 5.74) is 9.06. The second kappa shape index (κ2) is 6.21. The zero-order valence-corrected chi connectivity index (χ0v) is 13.0. The summed E-state index contributed by atoms with van der Waals surface area (Å²) in [4.78, 5) is 12.1. The third-order valence-corrected chi connectivity index (χ3v) is 3.20. The van der Waals surface area contributed by atoms with Gasteiger partial charge in [-0.2, -0.15) is 5.10 Å². The fourth-order valence-electron chi connectivity index (χ4n) is 1.46. The van der Waals surface area contributed by atoms with Crippen molar-refractivity contribution in [2.45, 2.75) is 20.8 Å². The topological polar surface area (TPSA) is 76.2 Å². The van der Waals surface area contributed by atoms with E-state index in [1.54, 1.807) is 18.7 Å². The van der Waals surface area contributed by atoms with E-state index in [9.17, 15) is 4.79 Å². The lowest BCUT2D eigenvalue weighted by molar-refractivity contribution is 0.0857. The maximum absolute atomic E-state index is 12.1. The van der Waals surface area contributed by atoms with E-state index in [-0.39, 0.29) is 10.8 Å². The van der Waals surface area contributed by atoms with Crippen LogP contribution in [0.1, 0.15) is 30.0 Å². The number of thiocarbonyl (C=S) groups is 1. The van der Waals surface area contributed by atoms with Gasteiger partial charge in [0, 0.05) is 13.6 Å². The highest BCUT2D eigenvalue weighted by atomic mass is 35.5. The summed E-state index contributed by atoms with van der Waals surface area (Å²) in [6, 6.07) is 0. The Morgan fingerprint density at radius 3 is 2.58 bits per heavy atom. The van der Waals surface area contributed by atoms with Crippen LogP contribution >= 0.6 is 23.8 Å². The number of amides is 1. The van der Waals surface area contributed by atoms with Crippen LogP contribution in [0.2, 0.25) is 5.02 Å². The summed E-state index contributed by atoms with van der Waals surface area (Å²) in [5, 5.41) is 5.91. The van der Waals surface area contributed by atoms with Crippen LogP contribution in [0, 0.1) is 12.8 Å². The molecule has 0 aliphatic carbocycles. The molecule has 3 N–H and O–H groups in total. The summed E-state index contributed by atoms with van der Waals surface area (Å²) in [5.74, 6) is -0.134. The minimum absolute atomic E-state index is 0.103. The number of aromatic nitrogens is 2. The van der Waals surface area contributed by atoms with Gasteiger partial charge < -0.3 is 5.73 Å². The summed E-state index contributed by atoms with van der Waals surface area (Å²) in [6.45, 7) is 6.29. The molecule has 0 atom stereocenters. The molecule has 0 fully saturated rings. The molecule has 19 heavy (non-hydrogen) atoms. The number of rotatable bonds is 3. The molecular weight excluding hydrogens is 286 g/mol. The van der Waals surface area contributed by atoms with Crippen LogP contribution in [0.4, 0.5) is 0 Å². The monoisotopic (exact) mass is 303 g/mol. The lowest BCUT2D eigenvalue weighted by atomic mass is 10.2. The molecule has 1 amide bonds. The highest BCUT2D eigenvalue weighted by molar-refractivity contribution is 7.80. The number of carbonyl (C=O) groups is 1. The van der Waals surface area contributed by atoms with Crippen LogP contribution in [0.15, 0.2) is 0 Å². The van der Waals surface area contributed by atoms with Gasteiger partial charge in [-0.15, -0.1) is 0 Å². The van der Waals surface area contributed by atoms with Gasteiger partial charge in [0.1, 0.15) is 0 Å². The molecule has 1 rings (SSSR count). The minimum Gasteiger partial charge on any atom is -0.375 e. The van der Waals surface area contributed by atoms with Crippen LogP contribution in [-0.2, 0) is 7.05 Å². The molecule has 6 nitrogen and oxygen atoms in total. The molecule has 1 aromatic heterocycles. The summed E-state index contributed by atoms with van der Waals surface area (Å²) < 4.78 is 1.55. The van der Waals surface area contributed by atoms with E-state index in [1.807, 2.05) is 13.8 Å². The molecule has 0 unspecified atom stereocenters. The van der Waals surface area contributed by atoms with Gasteiger partial charge >= 0.3 is 0 Å². The van der Waals surface area contributed by atoms with Crippen LogP contribution in [-0.4, -0.2) is 32.4 Å². The smallest absolute Gasteiger partial charge is 0.291 e. The van der Waals surface area contributed by atoms with E-state index in [0.29, 0.717) is 17.5 Å². The number of carbonyl (C=O) groups excluding carboxylic acids is 1. The Morgan fingerprint density at radius 1 is 1.63 bits per heavy atom. The predicted molar refractivity (Wildman–Crippen MR) is 78.8 cm³/mol. The molecule has 0 spiro atoms. The van der Waals surface area contributed by atoms with Gasteiger partial charge in [-0.25, -0.2) is 0 Å². The standard InChI is InChI=1S/C11H18ClN5OS/c1-6(2)5-17(11(13)19)15-10(18)9-8(12)7(3)16(4)14-9/h6H,5H2,1-4H3,(H2,13,19)(H,15,18). The van der Waals surface area contributed by atoms with Crippen molar-refractivity contribution in [1.82, 2.24) is 20.2 Å². The van der Waals surface area contributed by atoms with Crippen molar-refractivity contribution in [2.75, 3.05) is 6.54 Å². The third kappa shape index (κ3) is 3.81. The van der Waals surface area contributed by atoms with Crippen molar-refractivity contribution in [3.8, 4) is 0 Å². The number of halogens is 1. The van der Waals surface area contributed by atoms with E-state index in [1.165, 1.54) is 5.01 Å². The Balaban J connectivity index is 2.88. The van der Waals surface area contributed by atoms with Gasteiger partial charge in [-0.1, -0.05) is 25.4 Å². The van der Waals surface area contributed by atoms with Gasteiger partial charge in [-0.05, 0) is 25.1 Å². The Kier molecular flexibility index (Phi) is 5.13. The van der Waals surface area contributed by atoms with Crippen molar-refractivity contribution in [3.05, 3.63) is 16.4 Å². The summed E-state index contributed by atoms with van der Waals surface area (Å²) >= 11 is 10.9. The Morgan fingerprint density at radius 2 is 2.21 bits per heavy atom. The minimum atomic E-state index is -0.429. The number of hydrogen-bond donors (Lipinski definition) is 2. The first-order valence-corrected chi connectivity index (χ1v) is 6.59. The largest absolute Gasteiger partial charge is 0.375 e. The lowest BCUT2D eigenvalue weighted by Gasteiger charge is -2.24. The van der Waals surface area contributed by atoms with Crippen LogP contribution in [0.25, 0.3) is 0 Å². The molecule has 0 aromatic carbocycles. The average molecular weight is 304 g/mol. The van der Waals surface area contributed by atoms with Crippen molar-refractivity contribution in [2.24, 2.45) is 18.7 Å². The Labute approximate surface area is 122 Å². The zero-order valence-electron chi connectivity index (χ0n) is 11.4. The molecule has 8 heteroatoms. The van der Waals surface area contributed by atoms with E-state index in [2.05, 4.69) is 10.5 Å². The molecule has 1 heterocycles. The van der Waals surface area contributed by atoms with Gasteiger partial charge in [0.2, 0.25) is 0 Å². The lowest BCUT2D eigenvalue weighted by Crippen LogP contribution is -2.50. The first-order valence-electron chi connectivity index (χ1n) is 5.81. The van der Waals surface area contributed by atoms with Gasteiger partial charge in [-0.3, -0.25) is 19.9 Å². The van der Waals surface area contributed by atoms with E-state index < -0.39 is 5.91 Å². The molecule has 0 bridgehead atoms. The summed E-state index contributed by atoms with van der Waals surface area (Å²) in [6.07, 6.45) is 0. The maximum atomic E-state index is 12.1. The predicted octanol–water partition coefficient (Wildman–Crippen LogP) is 1.23. The van der Waals surface area contributed by atoms with Gasteiger partial charge in [0.15, 0.2) is 10.8 Å². The Bertz CT molecular complexity index is 500. The van der Waals surface area contributed by atoms with Crippen molar-refractivity contribution in [3.63, 3.8) is 0 Å². The zero-order chi connectivity index (χ0) is 14.7. The van der Waals surface area contributed by atoms with Crippen molar-refractivity contribution >= 4 is 34.8 Å². The number of nitrogens with zero attached hydrogens (tertiary/aromatic N) is 3. The molecule has 0 saturated carbocycles. The van der Waals surface area contributed by atoms with E-state index in [4.69, 9.17) is 29.6 Å². The molecule has 0 aliphatic heterocycles. The molecule has 0 saturated heterocycles. The second-order valence-electron chi connectivity index (χ2n) is 4.66. The van der Waals surface area contributed by atoms with Crippen LogP contribution in [0.3, 0.4) is 0 Å². The first-order chi connectivity index (χ1) is 8.73.